The number of amides is 1. The summed E-state index contributed by atoms with van der Waals surface area (Å²) in [5.41, 5.74) is 7.51. The summed E-state index contributed by atoms with van der Waals surface area (Å²) >= 11 is 0. The van der Waals surface area contributed by atoms with Gasteiger partial charge in [0.25, 0.3) is 5.91 Å². The van der Waals surface area contributed by atoms with Crippen LogP contribution in [0.2, 0.25) is 0 Å². The lowest BCUT2D eigenvalue weighted by Gasteiger charge is -2.17. The van der Waals surface area contributed by atoms with Crippen LogP contribution in [0.3, 0.4) is 0 Å². The molecular formula is C17H17N3O. The van der Waals surface area contributed by atoms with Gasteiger partial charge in [0, 0.05) is 18.8 Å². The van der Waals surface area contributed by atoms with Gasteiger partial charge in [-0.05, 0) is 24.3 Å². The van der Waals surface area contributed by atoms with Crippen LogP contribution in [-0.4, -0.2) is 29.4 Å². The van der Waals surface area contributed by atoms with E-state index in [1.807, 2.05) is 36.4 Å². The molecule has 2 N–H and O–H groups in total. The van der Waals surface area contributed by atoms with E-state index in [1.54, 1.807) is 24.2 Å². The Morgan fingerprint density at radius 3 is 2.71 bits per heavy atom. The normalized spacial score (nSPS) is 9.62. The van der Waals surface area contributed by atoms with Crippen molar-refractivity contribution in [2.45, 2.75) is 6.54 Å². The first kappa shape index (κ1) is 14.8. The van der Waals surface area contributed by atoms with E-state index in [-0.39, 0.29) is 12.5 Å². The van der Waals surface area contributed by atoms with Gasteiger partial charge < -0.3 is 10.6 Å². The summed E-state index contributed by atoms with van der Waals surface area (Å²) in [5, 5.41) is 0. The number of nitrogens with zero attached hydrogens (tertiary/aromatic N) is 2. The Morgan fingerprint density at radius 1 is 1.24 bits per heavy atom. The van der Waals surface area contributed by atoms with Gasteiger partial charge >= 0.3 is 0 Å². The van der Waals surface area contributed by atoms with Crippen molar-refractivity contribution in [2.75, 3.05) is 13.6 Å². The van der Waals surface area contributed by atoms with Gasteiger partial charge in [0.15, 0.2) is 0 Å². The Bertz CT molecular complexity index is 671. The quantitative estimate of drug-likeness (QED) is 0.869. The molecule has 0 fully saturated rings. The zero-order valence-electron chi connectivity index (χ0n) is 11.9. The van der Waals surface area contributed by atoms with Crippen LogP contribution in [0.4, 0.5) is 0 Å². The van der Waals surface area contributed by atoms with Gasteiger partial charge in [-0.1, -0.05) is 30.0 Å². The highest BCUT2D eigenvalue weighted by molar-refractivity contribution is 5.96. The van der Waals surface area contributed by atoms with Gasteiger partial charge in [-0.15, -0.1) is 0 Å². The first-order valence-electron chi connectivity index (χ1n) is 6.65. The van der Waals surface area contributed by atoms with Crippen molar-refractivity contribution < 1.29 is 4.79 Å². The van der Waals surface area contributed by atoms with E-state index in [0.29, 0.717) is 17.7 Å². The number of pyridine rings is 1. The summed E-state index contributed by atoms with van der Waals surface area (Å²) in [6.45, 7) is 0.727. The van der Waals surface area contributed by atoms with E-state index < -0.39 is 0 Å². The van der Waals surface area contributed by atoms with Gasteiger partial charge in [-0.2, -0.15) is 0 Å². The van der Waals surface area contributed by atoms with Crippen LogP contribution in [0.1, 0.15) is 21.6 Å². The number of carbonyl (C=O) groups is 1. The third-order valence-electron chi connectivity index (χ3n) is 2.95. The lowest BCUT2D eigenvalue weighted by Crippen LogP contribution is -2.27. The fraction of sp³-hybridized carbons (Fsp3) is 0.176. The van der Waals surface area contributed by atoms with Gasteiger partial charge in [-0.25, -0.2) is 0 Å². The Labute approximate surface area is 124 Å². The number of carbonyl (C=O) groups excluding carboxylic acids is 1. The molecule has 1 aromatic heterocycles. The second kappa shape index (κ2) is 7.22. The molecule has 2 rings (SSSR count). The average molecular weight is 279 g/mol. The standard InChI is InChI=1S/C17H17N3O/c1-20(13-15-9-4-5-12-19-15)17(21)16-10-3-2-7-14(16)8-6-11-18/h2-5,7,9-10,12H,11,13,18H2,1H3. The lowest BCUT2D eigenvalue weighted by molar-refractivity contribution is 0.0783. The predicted molar refractivity (Wildman–Crippen MR) is 82.4 cm³/mol. The summed E-state index contributed by atoms with van der Waals surface area (Å²) in [5.74, 6) is 5.64. The van der Waals surface area contributed by atoms with Crippen molar-refractivity contribution in [3.63, 3.8) is 0 Å². The smallest absolute Gasteiger partial charge is 0.255 e. The number of nitrogens with two attached hydrogens (primary N) is 1. The molecule has 4 heteroatoms. The summed E-state index contributed by atoms with van der Waals surface area (Å²) < 4.78 is 0. The lowest BCUT2D eigenvalue weighted by atomic mass is 10.1. The summed E-state index contributed by atoms with van der Waals surface area (Å²) in [6.07, 6.45) is 1.72. The molecule has 0 atom stereocenters. The largest absolute Gasteiger partial charge is 0.336 e. The second-order valence-electron chi connectivity index (χ2n) is 4.53. The molecule has 0 unspecified atom stereocenters. The Balaban J connectivity index is 2.20. The molecule has 0 spiro atoms. The number of aromatic nitrogens is 1. The maximum absolute atomic E-state index is 12.5. The molecular weight excluding hydrogens is 262 g/mol. The molecule has 0 bridgehead atoms. The van der Waals surface area contributed by atoms with Crippen molar-refractivity contribution in [3.8, 4) is 11.8 Å². The molecule has 2 aromatic rings. The summed E-state index contributed by atoms with van der Waals surface area (Å²) in [7, 11) is 1.75. The minimum absolute atomic E-state index is 0.0809. The van der Waals surface area contributed by atoms with E-state index >= 15 is 0 Å². The molecule has 106 valence electrons. The van der Waals surface area contributed by atoms with E-state index in [2.05, 4.69) is 16.8 Å². The van der Waals surface area contributed by atoms with Crippen LogP contribution in [0, 0.1) is 11.8 Å². The van der Waals surface area contributed by atoms with Crippen LogP contribution in [0.5, 0.6) is 0 Å². The third kappa shape index (κ3) is 3.91. The molecule has 0 radical (unpaired) electrons. The number of hydrogen-bond acceptors (Lipinski definition) is 3. The van der Waals surface area contributed by atoms with E-state index in [1.165, 1.54) is 0 Å². The number of rotatable bonds is 3. The molecule has 0 saturated carbocycles. The molecule has 0 aliphatic carbocycles. The zero-order chi connectivity index (χ0) is 15.1. The van der Waals surface area contributed by atoms with Gasteiger partial charge in [-0.3, -0.25) is 9.78 Å². The van der Waals surface area contributed by atoms with Crippen molar-refractivity contribution >= 4 is 5.91 Å². The fourth-order valence-corrected chi connectivity index (χ4v) is 1.94. The molecule has 1 amide bonds. The predicted octanol–water partition coefficient (Wildman–Crippen LogP) is 1.66. The van der Waals surface area contributed by atoms with Gasteiger partial charge in [0.2, 0.25) is 0 Å². The van der Waals surface area contributed by atoms with E-state index in [4.69, 9.17) is 5.73 Å². The number of hydrogen-bond donors (Lipinski definition) is 1. The SMILES string of the molecule is CN(Cc1ccccn1)C(=O)c1ccccc1C#CCN. The maximum Gasteiger partial charge on any atom is 0.255 e. The first-order valence-corrected chi connectivity index (χ1v) is 6.65. The molecule has 21 heavy (non-hydrogen) atoms. The minimum atomic E-state index is -0.0809. The van der Waals surface area contributed by atoms with Crippen LogP contribution in [0.25, 0.3) is 0 Å². The molecule has 1 aromatic carbocycles. The highest BCUT2D eigenvalue weighted by Crippen LogP contribution is 2.11. The highest BCUT2D eigenvalue weighted by Gasteiger charge is 2.15. The maximum atomic E-state index is 12.5. The Kier molecular flexibility index (Phi) is 5.08. The van der Waals surface area contributed by atoms with E-state index in [9.17, 15) is 4.79 Å². The number of benzene rings is 1. The van der Waals surface area contributed by atoms with Crippen molar-refractivity contribution in [2.24, 2.45) is 5.73 Å². The molecule has 0 aliphatic rings. The Morgan fingerprint density at radius 2 is 2.00 bits per heavy atom. The van der Waals surface area contributed by atoms with Crippen LogP contribution >= 0.6 is 0 Å². The van der Waals surface area contributed by atoms with Crippen molar-refractivity contribution in [1.29, 1.82) is 0 Å². The Hall–Kier alpha value is -2.64. The van der Waals surface area contributed by atoms with Crippen LogP contribution < -0.4 is 5.73 Å². The van der Waals surface area contributed by atoms with Crippen molar-refractivity contribution in [1.82, 2.24) is 9.88 Å². The van der Waals surface area contributed by atoms with E-state index in [0.717, 1.165) is 5.69 Å². The van der Waals surface area contributed by atoms with Gasteiger partial charge in [0.05, 0.1) is 24.3 Å². The summed E-state index contributed by atoms with van der Waals surface area (Å²) in [4.78, 5) is 18.4. The molecule has 0 aliphatic heterocycles. The molecule has 0 saturated heterocycles. The highest BCUT2D eigenvalue weighted by atomic mass is 16.2. The topological polar surface area (TPSA) is 59.2 Å². The molecule has 4 nitrogen and oxygen atoms in total. The summed E-state index contributed by atoms with van der Waals surface area (Å²) in [6, 6.07) is 12.9. The van der Waals surface area contributed by atoms with Crippen molar-refractivity contribution in [3.05, 3.63) is 65.5 Å². The fourth-order valence-electron chi connectivity index (χ4n) is 1.94. The first-order chi connectivity index (χ1) is 10.2. The van der Waals surface area contributed by atoms with Gasteiger partial charge in [0.1, 0.15) is 0 Å². The molecule has 1 heterocycles. The zero-order valence-corrected chi connectivity index (χ0v) is 11.9. The van der Waals surface area contributed by atoms with Crippen LogP contribution in [0.15, 0.2) is 48.7 Å². The van der Waals surface area contributed by atoms with Crippen LogP contribution in [-0.2, 0) is 6.54 Å². The second-order valence-corrected chi connectivity index (χ2v) is 4.53. The minimum Gasteiger partial charge on any atom is -0.336 e. The average Bonchev–Trinajstić information content (AvgIpc) is 2.53. The monoisotopic (exact) mass is 279 g/mol. The third-order valence-corrected chi connectivity index (χ3v) is 2.95.